The van der Waals surface area contributed by atoms with Gasteiger partial charge in [0.25, 0.3) is 0 Å². The van der Waals surface area contributed by atoms with Crippen LogP contribution in [0.15, 0.2) is 28.9 Å². The zero-order valence-electron chi connectivity index (χ0n) is 7.92. The maximum absolute atomic E-state index is 5.65. The van der Waals surface area contributed by atoms with Gasteiger partial charge in [-0.2, -0.15) is 0 Å². The molecule has 0 aliphatic rings. The number of halogens is 1. The standard InChI is InChI=1S/C11H11BrN2/c1-7-8(5-13)2-3-11-10(7)4-9(12)6-14-11/h2-4,6H,5,13H2,1H3. The van der Waals surface area contributed by atoms with Crippen LogP contribution >= 0.6 is 15.9 Å². The third-order valence-corrected chi connectivity index (χ3v) is 2.87. The molecule has 3 heteroatoms. The molecule has 0 saturated heterocycles. The molecule has 72 valence electrons. The number of aryl methyl sites for hydroxylation is 1. The molecule has 14 heavy (non-hydrogen) atoms. The zero-order valence-corrected chi connectivity index (χ0v) is 9.51. The number of hydrogen-bond acceptors (Lipinski definition) is 2. The Morgan fingerprint density at radius 3 is 2.93 bits per heavy atom. The Labute approximate surface area is 91.3 Å². The smallest absolute Gasteiger partial charge is 0.0705 e. The van der Waals surface area contributed by atoms with E-state index in [1.54, 1.807) is 0 Å². The second-order valence-corrected chi connectivity index (χ2v) is 4.19. The third-order valence-electron chi connectivity index (χ3n) is 2.43. The minimum Gasteiger partial charge on any atom is -0.326 e. The number of fused-ring (bicyclic) bond motifs is 1. The number of rotatable bonds is 1. The van der Waals surface area contributed by atoms with Gasteiger partial charge in [-0.25, -0.2) is 0 Å². The minimum atomic E-state index is 0.578. The average molecular weight is 251 g/mol. The van der Waals surface area contributed by atoms with E-state index in [0.29, 0.717) is 6.54 Å². The van der Waals surface area contributed by atoms with E-state index < -0.39 is 0 Å². The van der Waals surface area contributed by atoms with Crippen molar-refractivity contribution in [2.75, 3.05) is 0 Å². The van der Waals surface area contributed by atoms with Crippen molar-refractivity contribution in [3.05, 3.63) is 40.0 Å². The van der Waals surface area contributed by atoms with E-state index in [1.807, 2.05) is 18.3 Å². The summed E-state index contributed by atoms with van der Waals surface area (Å²) < 4.78 is 1.00. The van der Waals surface area contributed by atoms with Crippen molar-refractivity contribution in [3.63, 3.8) is 0 Å². The maximum Gasteiger partial charge on any atom is 0.0705 e. The lowest BCUT2D eigenvalue weighted by Gasteiger charge is -2.06. The van der Waals surface area contributed by atoms with Gasteiger partial charge in [-0.1, -0.05) is 6.07 Å². The van der Waals surface area contributed by atoms with E-state index in [-0.39, 0.29) is 0 Å². The van der Waals surface area contributed by atoms with E-state index in [4.69, 9.17) is 5.73 Å². The molecule has 0 bridgehead atoms. The summed E-state index contributed by atoms with van der Waals surface area (Å²) >= 11 is 3.42. The Bertz CT molecular complexity index is 480. The summed E-state index contributed by atoms with van der Waals surface area (Å²) in [5.74, 6) is 0. The molecule has 1 heterocycles. The van der Waals surface area contributed by atoms with Gasteiger partial charge in [-0.05, 0) is 46.1 Å². The van der Waals surface area contributed by atoms with Gasteiger partial charge in [0.2, 0.25) is 0 Å². The summed E-state index contributed by atoms with van der Waals surface area (Å²) in [5, 5.41) is 1.17. The van der Waals surface area contributed by atoms with Crippen LogP contribution in [0.2, 0.25) is 0 Å². The monoisotopic (exact) mass is 250 g/mol. The number of nitrogens with two attached hydrogens (primary N) is 1. The molecule has 0 fully saturated rings. The van der Waals surface area contributed by atoms with Crippen molar-refractivity contribution in [2.45, 2.75) is 13.5 Å². The predicted molar refractivity (Wildman–Crippen MR) is 62.1 cm³/mol. The number of hydrogen-bond donors (Lipinski definition) is 1. The highest BCUT2D eigenvalue weighted by Gasteiger charge is 2.03. The van der Waals surface area contributed by atoms with Gasteiger partial charge in [0.1, 0.15) is 0 Å². The summed E-state index contributed by atoms with van der Waals surface area (Å²) in [4.78, 5) is 4.33. The lowest BCUT2D eigenvalue weighted by molar-refractivity contribution is 1.05. The molecule has 0 atom stereocenters. The van der Waals surface area contributed by atoms with Crippen LogP contribution < -0.4 is 5.73 Å². The minimum absolute atomic E-state index is 0.578. The van der Waals surface area contributed by atoms with Crippen molar-refractivity contribution in [1.82, 2.24) is 4.98 Å². The van der Waals surface area contributed by atoms with Crippen molar-refractivity contribution < 1.29 is 0 Å². The summed E-state index contributed by atoms with van der Waals surface area (Å²) in [7, 11) is 0. The van der Waals surface area contributed by atoms with Crippen LogP contribution in [-0.4, -0.2) is 4.98 Å². The molecule has 2 aromatic rings. The molecule has 0 radical (unpaired) electrons. The van der Waals surface area contributed by atoms with Crippen LogP contribution in [0, 0.1) is 6.92 Å². The quantitative estimate of drug-likeness (QED) is 0.846. The Hall–Kier alpha value is -0.930. The zero-order chi connectivity index (χ0) is 10.1. The SMILES string of the molecule is Cc1c(CN)ccc2ncc(Br)cc12. The molecular formula is C11H11BrN2. The van der Waals surface area contributed by atoms with Gasteiger partial charge in [0, 0.05) is 22.6 Å². The van der Waals surface area contributed by atoms with Gasteiger partial charge in [-0.15, -0.1) is 0 Å². The summed E-state index contributed by atoms with van der Waals surface area (Å²) in [6, 6.07) is 6.13. The molecule has 1 aromatic carbocycles. The van der Waals surface area contributed by atoms with Crippen LogP contribution in [0.1, 0.15) is 11.1 Å². The lowest BCUT2D eigenvalue weighted by Crippen LogP contribution is -1.99. The normalized spacial score (nSPS) is 10.8. The summed E-state index contributed by atoms with van der Waals surface area (Å²) in [6.45, 7) is 2.66. The number of nitrogens with zero attached hydrogens (tertiary/aromatic N) is 1. The van der Waals surface area contributed by atoms with Gasteiger partial charge in [-0.3, -0.25) is 4.98 Å². The van der Waals surface area contributed by atoms with Gasteiger partial charge in [0.05, 0.1) is 5.52 Å². The molecule has 2 N–H and O–H groups in total. The van der Waals surface area contributed by atoms with Gasteiger partial charge >= 0.3 is 0 Å². The molecule has 0 spiro atoms. The highest BCUT2D eigenvalue weighted by atomic mass is 79.9. The lowest BCUT2D eigenvalue weighted by atomic mass is 10.0. The van der Waals surface area contributed by atoms with Crippen LogP contribution in [0.4, 0.5) is 0 Å². The Morgan fingerprint density at radius 1 is 1.43 bits per heavy atom. The fourth-order valence-corrected chi connectivity index (χ4v) is 1.91. The fraction of sp³-hybridized carbons (Fsp3) is 0.182. The van der Waals surface area contributed by atoms with Gasteiger partial charge in [0.15, 0.2) is 0 Å². The molecule has 0 amide bonds. The number of benzene rings is 1. The van der Waals surface area contributed by atoms with Gasteiger partial charge < -0.3 is 5.73 Å². The highest BCUT2D eigenvalue weighted by molar-refractivity contribution is 9.10. The molecular weight excluding hydrogens is 240 g/mol. The second kappa shape index (κ2) is 3.67. The van der Waals surface area contributed by atoms with Crippen LogP contribution in [0.25, 0.3) is 10.9 Å². The fourth-order valence-electron chi connectivity index (χ4n) is 1.58. The van der Waals surface area contributed by atoms with E-state index in [9.17, 15) is 0 Å². The van der Waals surface area contributed by atoms with Crippen LogP contribution in [0.5, 0.6) is 0 Å². The van der Waals surface area contributed by atoms with E-state index >= 15 is 0 Å². The average Bonchev–Trinajstić information content (AvgIpc) is 2.20. The Balaban J connectivity index is 2.79. The highest BCUT2D eigenvalue weighted by Crippen LogP contribution is 2.23. The van der Waals surface area contributed by atoms with Crippen LogP contribution in [0.3, 0.4) is 0 Å². The summed E-state index contributed by atoms with van der Waals surface area (Å²) in [6.07, 6.45) is 1.81. The maximum atomic E-state index is 5.65. The third kappa shape index (κ3) is 1.53. The van der Waals surface area contributed by atoms with E-state index in [2.05, 4.69) is 33.9 Å². The first-order chi connectivity index (χ1) is 6.72. The first kappa shape index (κ1) is 9.62. The molecule has 0 unspecified atom stereocenters. The van der Waals surface area contributed by atoms with Crippen molar-refractivity contribution in [1.29, 1.82) is 0 Å². The molecule has 1 aromatic heterocycles. The molecule has 0 aliphatic heterocycles. The van der Waals surface area contributed by atoms with Crippen molar-refractivity contribution in [3.8, 4) is 0 Å². The topological polar surface area (TPSA) is 38.9 Å². The molecule has 2 rings (SSSR count). The van der Waals surface area contributed by atoms with Crippen molar-refractivity contribution in [2.24, 2.45) is 5.73 Å². The summed E-state index contributed by atoms with van der Waals surface area (Å²) in [5.41, 5.74) is 9.06. The molecule has 0 aliphatic carbocycles. The van der Waals surface area contributed by atoms with Crippen LogP contribution in [-0.2, 0) is 6.54 Å². The number of pyridine rings is 1. The first-order valence-corrected chi connectivity index (χ1v) is 5.25. The number of aromatic nitrogens is 1. The predicted octanol–water partition coefficient (Wildman–Crippen LogP) is 2.76. The second-order valence-electron chi connectivity index (χ2n) is 3.27. The van der Waals surface area contributed by atoms with E-state index in [1.165, 1.54) is 16.5 Å². The molecule has 2 nitrogen and oxygen atoms in total. The Kier molecular flexibility index (Phi) is 2.52. The largest absolute Gasteiger partial charge is 0.326 e. The Morgan fingerprint density at radius 2 is 2.21 bits per heavy atom. The molecule has 0 saturated carbocycles. The van der Waals surface area contributed by atoms with E-state index in [0.717, 1.165) is 9.99 Å². The first-order valence-electron chi connectivity index (χ1n) is 4.46. The van der Waals surface area contributed by atoms with Crippen molar-refractivity contribution >= 4 is 26.8 Å².